The zero-order valence-corrected chi connectivity index (χ0v) is 12.5. The number of amides is 1. The Bertz CT molecular complexity index is 862. The summed E-state index contributed by atoms with van der Waals surface area (Å²) in [7, 11) is 0. The van der Waals surface area contributed by atoms with E-state index in [0.717, 1.165) is 5.69 Å². The number of tetrazole rings is 1. The van der Waals surface area contributed by atoms with Crippen molar-refractivity contribution in [3.63, 3.8) is 0 Å². The molecule has 0 saturated heterocycles. The van der Waals surface area contributed by atoms with Crippen LogP contribution in [0.1, 0.15) is 10.4 Å². The number of carbonyl (C=O) groups excluding carboxylic acids is 1. The van der Waals surface area contributed by atoms with Crippen LogP contribution in [0.4, 0.5) is 5.69 Å². The highest BCUT2D eigenvalue weighted by atomic mass is 16.6. The van der Waals surface area contributed by atoms with Gasteiger partial charge in [-0.15, -0.1) is 5.10 Å². The number of nitrogens with zero attached hydrogens (tertiary/aromatic N) is 4. The van der Waals surface area contributed by atoms with Gasteiger partial charge in [0.2, 0.25) is 0 Å². The molecule has 2 aromatic carbocycles. The number of nitrogens with one attached hydrogen (secondary N) is 1. The summed E-state index contributed by atoms with van der Waals surface area (Å²) >= 11 is 0. The van der Waals surface area contributed by atoms with E-state index in [4.69, 9.17) is 9.47 Å². The number of ether oxygens (including phenoxy) is 2. The first-order valence-corrected chi connectivity index (χ1v) is 7.34. The zero-order valence-electron chi connectivity index (χ0n) is 12.5. The van der Waals surface area contributed by atoms with Gasteiger partial charge in [-0.2, -0.15) is 0 Å². The number of aromatic nitrogens is 4. The molecule has 1 N–H and O–H groups in total. The lowest BCUT2D eigenvalue weighted by molar-refractivity contribution is 0.102. The maximum atomic E-state index is 12.4. The average molecular weight is 323 g/mol. The number of rotatable bonds is 3. The van der Waals surface area contributed by atoms with Crippen molar-refractivity contribution in [3.05, 3.63) is 54.4 Å². The Morgan fingerprint density at radius 2 is 1.83 bits per heavy atom. The highest BCUT2D eigenvalue weighted by molar-refractivity contribution is 6.04. The molecule has 1 aromatic heterocycles. The van der Waals surface area contributed by atoms with Crippen molar-refractivity contribution in [2.24, 2.45) is 0 Å². The Labute approximate surface area is 137 Å². The normalized spacial score (nSPS) is 12.7. The molecule has 2 heterocycles. The van der Waals surface area contributed by atoms with E-state index in [9.17, 15) is 4.79 Å². The molecule has 0 fully saturated rings. The molecule has 8 heteroatoms. The van der Waals surface area contributed by atoms with Crippen LogP contribution in [0.5, 0.6) is 11.5 Å². The molecule has 0 spiro atoms. The Balaban J connectivity index is 1.49. The average Bonchev–Trinajstić information content (AvgIpc) is 3.16. The summed E-state index contributed by atoms with van der Waals surface area (Å²) in [5.41, 5.74) is 1.98. The first-order valence-electron chi connectivity index (χ1n) is 7.34. The van der Waals surface area contributed by atoms with Gasteiger partial charge in [-0.3, -0.25) is 4.79 Å². The quantitative estimate of drug-likeness (QED) is 0.788. The number of carbonyl (C=O) groups is 1. The SMILES string of the molecule is O=C(Nc1ccc(-n2cnnn2)cc1)c1ccc2c(c1)OCCO2. The lowest BCUT2D eigenvalue weighted by atomic mass is 10.1. The third-order valence-corrected chi connectivity index (χ3v) is 3.54. The van der Waals surface area contributed by atoms with E-state index >= 15 is 0 Å². The minimum absolute atomic E-state index is 0.220. The Morgan fingerprint density at radius 3 is 2.58 bits per heavy atom. The van der Waals surface area contributed by atoms with Crippen LogP contribution in [0.25, 0.3) is 5.69 Å². The second kappa shape index (κ2) is 5.99. The van der Waals surface area contributed by atoms with E-state index in [1.54, 1.807) is 30.3 Å². The molecule has 4 rings (SSSR count). The second-order valence-electron chi connectivity index (χ2n) is 5.11. The first-order chi connectivity index (χ1) is 11.8. The fourth-order valence-corrected chi connectivity index (χ4v) is 2.36. The number of anilines is 1. The largest absolute Gasteiger partial charge is 0.486 e. The van der Waals surface area contributed by atoms with Gasteiger partial charge in [-0.1, -0.05) is 0 Å². The van der Waals surface area contributed by atoms with Gasteiger partial charge in [0.1, 0.15) is 19.5 Å². The molecule has 0 radical (unpaired) electrons. The summed E-state index contributed by atoms with van der Waals surface area (Å²) in [6.07, 6.45) is 1.50. The van der Waals surface area contributed by atoms with Gasteiger partial charge >= 0.3 is 0 Å². The summed E-state index contributed by atoms with van der Waals surface area (Å²) in [5.74, 6) is 1.02. The van der Waals surface area contributed by atoms with E-state index in [-0.39, 0.29) is 5.91 Å². The predicted molar refractivity (Wildman–Crippen MR) is 84.5 cm³/mol. The van der Waals surface area contributed by atoms with Gasteiger partial charge in [0, 0.05) is 11.3 Å². The number of hydrogen-bond acceptors (Lipinski definition) is 6. The molecule has 0 aliphatic carbocycles. The van der Waals surface area contributed by atoms with Crippen molar-refractivity contribution < 1.29 is 14.3 Å². The molecule has 0 atom stereocenters. The molecule has 1 amide bonds. The van der Waals surface area contributed by atoms with Crippen molar-refractivity contribution in [3.8, 4) is 17.2 Å². The number of fused-ring (bicyclic) bond motifs is 1. The maximum absolute atomic E-state index is 12.4. The van der Waals surface area contributed by atoms with Crippen LogP contribution in [0, 0.1) is 0 Å². The molecule has 8 nitrogen and oxygen atoms in total. The van der Waals surface area contributed by atoms with Gasteiger partial charge in [-0.05, 0) is 52.9 Å². The Kier molecular flexibility index (Phi) is 3.54. The highest BCUT2D eigenvalue weighted by Crippen LogP contribution is 2.31. The van der Waals surface area contributed by atoms with Crippen molar-refractivity contribution in [2.75, 3.05) is 18.5 Å². The fraction of sp³-hybridized carbons (Fsp3) is 0.125. The van der Waals surface area contributed by atoms with Crippen molar-refractivity contribution in [2.45, 2.75) is 0 Å². The van der Waals surface area contributed by atoms with Crippen molar-refractivity contribution >= 4 is 11.6 Å². The summed E-state index contributed by atoms with van der Waals surface area (Å²) in [6.45, 7) is 1.00. The molecule has 1 aliphatic heterocycles. The van der Waals surface area contributed by atoms with Crippen LogP contribution in [-0.2, 0) is 0 Å². The van der Waals surface area contributed by atoms with Crippen LogP contribution >= 0.6 is 0 Å². The van der Waals surface area contributed by atoms with E-state index in [2.05, 4.69) is 20.8 Å². The summed E-state index contributed by atoms with van der Waals surface area (Å²) < 4.78 is 12.5. The van der Waals surface area contributed by atoms with E-state index in [1.807, 2.05) is 12.1 Å². The molecule has 0 bridgehead atoms. The molecule has 3 aromatic rings. The number of hydrogen-bond donors (Lipinski definition) is 1. The minimum atomic E-state index is -0.220. The van der Waals surface area contributed by atoms with E-state index < -0.39 is 0 Å². The lowest BCUT2D eigenvalue weighted by Gasteiger charge is -2.18. The monoisotopic (exact) mass is 323 g/mol. The predicted octanol–water partition coefficient (Wildman–Crippen LogP) is 1.69. The van der Waals surface area contributed by atoms with Gasteiger partial charge in [0.25, 0.3) is 5.91 Å². The summed E-state index contributed by atoms with van der Waals surface area (Å²) in [5, 5.41) is 13.8. The summed E-state index contributed by atoms with van der Waals surface area (Å²) in [4.78, 5) is 12.4. The molecule has 0 saturated carbocycles. The van der Waals surface area contributed by atoms with Gasteiger partial charge in [0.05, 0.1) is 5.69 Å². The van der Waals surface area contributed by atoms with Gasteiger partial charge in [-0.25, -0.2) is 4.68 Å². The highest BCUT2D eigenvalue weighted by Gasteiger charge is 2.15. The second-order valence-corrected chi connectivity index (χ2v) is 5.11. The van der Waals surface area contributed by atoms with Crippen LogP contribution in [0.3, 0.4) is 0 Å². The number of benzene rings is 2. The van der Waals surface area contributed by atoms with Crippen molar-refractivity contribution in [1.29, 1.82) is 0 Å². The van der Waals surface area contributed by atoms with Crippen LogP contribution in [0.15, 0.2) is 48.8 Å². The third-order valence-electron chi connectivity index (χ3n) is 3.54. The van der Waals surface area contributed by atoms with Crippen LogP contribution in [-0.4, -0.2) is 39.3 Å². The molecular formula is C16H13N5O3. The molecule has 0 unspecified atom stereocenters. The maximum Gasteiger partial charge on any atom is 0.255 e. The molecule has 24 heavy (non-hydrogen) atoms. The Hall–Kier alpha value is -3.42. The first kappa shape index (κ1) is 14.2. The standard InChI is InChI=1S/C16H13N5O3/c22-16(11-1-6-14-15(9-11)24-8-7-23-14)18-12-2-4-13(5-3-12)21-10-17-19-20-21/h1-6,9-10H,7-8H2,(H,18,22). The molecular weight excluding hydrogens is 310 g/mol. The topological polar surface area (TPSA) is 91.2 Å². The third kappa shape index (κ3) is 2.76. The lowest BCUT2D eigenvalue weighted by Crippen LogP contribution is -2.17. The van der Waals surface area contributed by atoms with Gasteiger partial charge in [0.15, 0.2) is 11.5 Å². The van der Waals surface area contributed by atoms with E-state index in [1.165, 1.54) is 11.0 Å². The van der Waals surface area contributed by atoms with E-state index in [0.29, 0.717) is 36.0 Å². The fourth-order valence-electron chi connectivity index (χ4n) is 2.36. The molecule has 120 valence electrons. The molecule has 1 aliphatic rings. The van der Waals surface area contributed by atoms with Crippen LogP contribution in [0.2, 0.25) is 0 Å². The smallest absolute Gasteiger partial charge is 0.255 e. The summed E-state index contributed by atoms with van der Waals surface area (Å²) in [6, 6.07) is 12.3. The van der Waals surface area contributed by atoms with Crippen molar-refractivity contribution in [1.82, 2.24) is 20.2 Å². The van der Waals surface area contributed by atoms with Crippen LogP contribution < -0.4 is 14.8 Å². The zero-order chi connectivity index (χ0) is 16.4. The Morgan fingerprint density at radius 1 is 1.04 bits per heavy atom. The minimum Gasteiger partial charge on any atom is -0.486 e. The van der Waals surface area contributed by atoms with Gasteiger partial charge < -0.3 is 14.8 Å².